The molecule has 0 aliphatic carbocycles. The lowest BCUT2D eigenvalue weighted by Crippen LogP contribution is -2.02. The van der Waals surface area contributed by atoms with Gasteiger partial charge in [0.25, 0.3) is 0 Å². The van der Waals surface area contributed by atoms with Gasteiger partial charge >= 0.3 is 5.69 Å². The van der Waals surface area contributed by atoms with Crippen molar-refractivity contribution in [1.29, 1.82) is 5.26 Å². The fourth-order valence-electron chi connectivity index (χ4n) is 1.69. The van der Waals surface area contributed by atoms with E-state index in [4.69, 9.17) is 11.6 Å². The second kappa shape index (κ2) is 5.46. The minimum atomic E-state index is -0.608. The molecule has 0 fully saturated rings. The summed E-state index contributed by atoms with van der Waals surface area (Å²) in [5.74, 6) is -0.598. The van der Waals surface area contributed by atoms with Crippen LogP contribution in [0, 0.1) is 21.4 Å². The van der Waals surface area contributed by atoms with Crippen LogP contribution in [0.3, 0.4) is 0 Å². The maximum atomic E-state index is 10.7. The van der Waals surface area contributed by atoms with Gasteiger partial charge in [0.15, 0.2) is 0 Å². The van der Waals surface area contributed by atoms with Crippen molar-refractivity contribution >= 4 is 17.3 Å². The molecule has 1 aromatic carbocycles. The van der Waals surface area contributed by atoms with Crippen LogP contribution in [0.4, 0.5) is 5.69 Å². The molecule has 94 valence electrons. The molecule has 0 aliphatic heterocycles. The molecule has 0 spiro atoms. The first-order valence-corrected chi connectivity index (χ1v) is 5.76. The summed E-state index contributed by atoms with van der Waals surface area (Å²) in [6.07, 6.45) is 0. The topological polar surface area (TPSA) is 79.8 Å². The van der Waals surface area contributed by atoms with Gasteiger partial charge in [-0.25, -0.2) is 4.98 Å². The highest BCUT2D eigenvalue weighted by Gasteiger charge is 2.19. The van der Waals surface area contributed by atoms with Gasteiger partial charge in [-0.05, 0) is 11.6 Å². The van der Waals surface area contributed by atoms with Gasteiger partial charge in [-0.3, -0.25) is 10.1 Å². The Balaban J connectivity index is 2.44. The Hall–Kier alpha value is -2.45. The lowest BCUT2D eigenvalue weighted by Gasteiger charge is -2.08. The zero-order valence-electron chi connectivity index (χ0n) is 9.65. The van der Waals surface area contributed by atoms with Gasteiger partial charge in [-0.2, -0.15) is 5.26 Å². The smallest absolute Gasteiger partial charge is 0.258 e. The van der Waals surface area contributed by atoms with E-state index in [-0.39, 0.29) is 10.8 Å². The van der Waals surface area contributed by atoms with Crippen LogP contribution in [0.5, 0.6) is 0 Å². The van der Waals surface area contributed by atoms with Crippen molar-refractivity contribution < 1.29 is 4.92 Å². The molecule has 2 aromatic rings. The van der Waals surface area contributed by atoms with E-state index in [2.05, 4.69) is 11.1 Å². The molecule has 0 amide bonds. The predicted molar refractivity (Wildman–Crippen MR) is 69.8 cm³/mol. The van der Waals surface area contributed by atoms with Crippen LogP contribution in [0.2, 0.25) is 5.15 Å². The fraction of sp³-hybridized carbons (Fsp3) is 0.0769. The number of aromatic nitrogens is 1. The fourth-order valence-corrected chi connectivity index (χ4v) is 1.92. The Morgan fingerprint density at radius 1 is 1.26 bits per heavy atom. The second-order valence-electron chi connectivity index (χ2n) is 3.78. The van der Waals surface area contributed by atoms with Crippen LogP contribution < -0.4 is 0 Å². The van der Waals surface area contributed by atoms with Gasteiger partial charge in [0.1, 0.15) is 5.92 Å². The zero-order chi connectivity index (χ0) is 13.8. The summed E-state index contributed by atoms with van der Waals surface area (Å²) in [6.45, 7) is 0. The molecule has 0 bridgehead atoms. The summed E-state index contributed by atoms with van der Waals surface area (Å²) >= 11 is 5.75. The van der Waals surface area contributed by atoms with E-state index < -0.39 is 10.8 Å². The maximum Gasteiger partial charge on any atom is 0.306 e. The quantitative estimate of drug-likeness (QED) is 0.488. The largest absolute Gasteiger partial charge is 0.306 e. The van der Waals surface area contributed by atoms with Gasteiger partial charge < -0.3 is 0 Å². The molecule has 1 aromatic heterocycles. The molecule has 1 heterocycles. The van der Waals surface area contributed by atoms with Crippen molar-refractivity contribution in [2.75, 3.05) is 0 Å². The van der Waals surface area contributed by atoms with Crippen LogP contribution >= 0.6 is 11.6 Å². The number of nitro groups is 1. The molecule has 0 aliphatic rings. The summed E-state index contributed by atoms with van der Waals surface area (Å²) in [6, 6.07) is 13.9. The SMILES string of the molecule is N#CC(c1ccccc1)c1ccc([N+](=O)[O-])c(Cl)n1. The van der Waals surface area contributed by atoms with Crippen molar-refractivity contribution in [2.24, 2.45) is 0 Å². The van der Waals surface area contributed by atoms with E-state index in [1.807, 2.05) is 18.2 Å². The van der Waals surface area contributed by atoms with Crippen molar-refractivity contribution in [2.45, 2.75) is 5.92 Å². The van der Waals surface area contributed by atoms with Crippen LogP contribution in [-0.4, -0.2) is 9.91 Å². The molecule has 0 radical (unpaired) electrons. The molecule has 19 heavy (non-hydrogen) atoms. The molecule has 5 nitrogen and oxygen atoms in total. The normalized spacial score (nSPS) is 11.6. The molecule has 2 rings (SSSR count). The van der Waals surface area contributed by atoms with Crippen molar-refractivity contribution in [3.8, 4) is 6.07 Å². The second-order valence-corrected chi connectivity index (χ2v) is 4.13. The zero-order valence-corrected chi connectivity index (χ0v) is 10.4. The molecular formula is C13H8ClN3O2. The summed E-state index contributed by atoms with van der Waals surface area (Å²) in [5, 5.41) is 19.7. The monoisotopic (exact) mass is 273 g/mol. The number of pyridine rings is 1. The third kappa shape index (κ3) is 2.69. The van der Waals surface area contributed by atoms with Crippen LogP contribution in [0.25, 0.3) is 0 Å². The summed E-state index contributed by atoms with van der Waals surface area (Å²) < 4.78 is 0. The summed E-state index contributed by atoms with van der Waals surface area (Å²) in [4.78, 5) is 14.0. The highest BCUT2D eigenvalue weighted by molar-refractivity contribution is 6.31. The predicted octanol–water partition coefficient (Wildman–Crippen LogP) is 3.30. The number of nitriles is 1. The molecule has 0 saturated carbocycles. The summed E-state index contributed by atoms with van der Waals surface area (Å²) in [5.41, 5.74) is 0.891. The Bertz CT molecular complexity index is 653. The third-order valence-electron chi connectivity index (χ3n) is 2.61. The lowest BCUT2D eigenvalue weighted by molar-refractivity contribution is -0.385. The number of halogens is 1. The van der Waals surface area contributed by atoms with Crippen molar-refractivity contribution in [3.05, 3.63) is 69.0 Å². The number of hydrogen-bond acceptors (Lipinski definition) is 4. The van der Waals surface area contributed by atoms with E-state index >= 15 is 0 Å². The molecule has 0 saturated heterocycles. The highest BCUT2D eigenvalue weighted by atomic mass is 35.5. The van der Waals surface area contributed by atoms with E-state index in [0.717, 1.165) is 5.56 Å². The average molecular weight is 274 g/mol. The van der Waals surface area contributed by atoms with E-state index in [0.29, 0.717) is 5.69 Å². The van der Waals surface area contributed by atoms with Gasteiger partial charge in [-0.15, -0.1) is 0 Å². The first kappa shape index (κ1) is 13.0. The molecule has 6 heteroatoms. The van der Waals surface area contributed by atoms with Gasteiger partial charge in [0.2, 0.25) is 5.15 Å². The van der Waals surface area contributed by atoms with E-state index in [1.165, 1.54) is 12.1 Å². The number of benzene rings is 1. The van der Waals surface area contributed by atoms with Crippen LogP contribution in [0.15, 0.2) is 42.5 Å². The molecule has 1 unspecified atom stereocenters. The first-order chi connectivity index (χ1) is 9.13. The standard InChI is InChI=1S/C13H8ClN3O2/c14-13-12(17(18)19)7-6-11(16-13)10(8-15)9-4-2-1-3-5-9/h1-7,10H. The van der Waals surface area contributed by atoms with Gasteiger partial charge in [-0.1, -0.05) is 41.9 Å². The number of hydrogen-bond donors (Lipinski definition) is 0. The molecular weight excluding hydrogens is 266 g/mol. The Morgan fingerprint density at radius 3 is 2.47 bits per heavy atom. The Morgan fingerprint density at radius 2 is 1.95 bits per heavy atom. The molecule has 0 N–H and O–H groups in total. The van der Waals surface area contributed by atoms with Crippen molar-refractivity contribution in [3.63, 3.8) is 0 Å². The number of rotatable bonds is 3. The summed E-state index contributed by atoms with van der Waals surface area (Å²) in [7, 11) is 0. The van der Waals surface area contributed by atoms with Crippen LogP contribution in [-0.2, 0) is 0 Å². The van der Waals surface area contributed by atoms with Gasteiger partial charge in [0, 0.05) is 6.07 Å². The third-order valence-corrected chi connectivity index (χ3v) is 2.88. The minimum absolute atomic E-state index is 0.210. The Kier molecular flexibility index (Phi) is 3.74. The van der Waals surface area contributed by atoms with Gasteiger partial charge in [0.05, 0.1) is 16.7 Å². The van der Waals surface area contributed by atoms with E-state index in [9.17, 15) is 15.4 Å². The van der Waals surface area contributed by atoms with Crippen molar-refractivity contribution in [1.82, 2.24) is 4.98 Å². The maximum absolute atomic E-state index is 10.7. The van der Waals surface area contributed by atoms with E-state index in [1.54, 1.807) is 12.1 Å². The Labute approximate surface area is 114 Å². The average Bonchev–Trinajstić information content (AvgIpc) is 2.40. The lowest BCUT2D eigenvalue weighted by atomic mass is 9.97. The number of nitrogens with zero attached hydrogens (tertiary/aromatic N) is 3. The molecule has 1 atom stereocenters. The highest BCUT2D eigenvalue weighted by Crippen LogP contribution is 2.27. The van der Waals surface area contributed by atoms with Crippen LogP contribution in [0.1, 0.15) is 17.2 Å². The minimum Gasteiger partial charge on any atom is -0.258 e. The first-order valence-electron chi connectivity index (χ1n) is 5.39.